The van der Waals surface area contributed by atoms with Gasteiger partial charge in [0, 0.05) is 37.8 Å². The summed E-state index contributed by atoms with van der Waals surface area (Å²) in [6, 6.07) is 9.16. The first-order valence-corrected chi connectivity index (χ1v) is 21.0. The maximum absolute atomic E-state index is 13.9. The van der Waals surface area contributed by atoms with E-state index in [0.29, 0.717) is 76.5 Å². The molecular weight excluding hydrogens is 827 g/mol. The van der Waals surface area contributed by atoms with Crippen LogP contribution in [-0.2, 0) is 24.4 Å². The molecule has 5 heterocycles. The number of aryl methyl sites for hydroxylation is 5. The number of ether oxygens (including phenoxy) is 3. The maximum Gasteiger partial charge on any atom is 0.410 e. The zero-order valence-corrected chi connectivity index (χ0v) is 37.1. The van der Waals surface area contributed by atoms with Crippen molar-refractivity contribution in [1.29, 1.82) is 0 Å². The molecule has 64 heavy (non-hydrogen) atoms. The zero-order chi connectivity index (χ0) is 46.2. The quantitative estimate of drug-likeness (QED) is 0.102. The third-order valence-electron chi connectivity index (χ3n) is 10.6. The zero-order valence-electron chi connectivity index (χ0n) is 37.1. The van der Waals surface area contributed by atoms with Crippen molar-refractivity contribution in [2.24, 2.45) is 11.5 Å². The normalized spacial score (nSPS) is 13.5. The Morgan fingerprint density at radius 1 is 0.828 bits per heavy atom. The summed E-state index contributed by atoms with van der Waals surface area (Å²) < 4.78 is 24.9. The number of aromatic nitrogens is 8. The van der Waals surface area contributed by atoms with Crippen molar-refractivity contribution < 1.29 is 38.2 Å². The smallest absolute Gasteiger partial charge is 0.410 e. The lowest BCUT2D eigenvalue weighted by Gasteiger charge is -2.27. The molecule has 0 saturated carbocycles. The highest BCUT2D eigenvalue weighted by molar-refractivity contribution is 6.05. The number of primary amides is 2. The number of amides is 5. The molecule has 0 spiro atoms. The van der Waals surface area contributed by atoms with E-state index in [1.807, 2.05) is 18.4 Å². The van der Waals surface area contributed by atoms with E-state index in [1.54, 1.807) is 79.9 Å². The Morgan fingerprint density at radius 2 is 1.39 bits per heavy atom. The Morgan fingerprint density at radius 3 is 1.97 bits per heavy atom. The predicted molar refractivity (Wildman–Crippen MR) is 236 cm³/mol. The summed E-state index contributed by atoms with van der Waals surface area (Å²) in [7, 11) is 1.59. The summed E-state index contributed by atoms with van der Waals surface area (Å²) in [4.78, 5) is 76.1. The molecule has 1 atom stereocenters. The number of carbonyl (C=O) groups is 5. The van der Waals surface area contributed by atoms with E-state index in [1.165, 1.54) is 17.0 Å². The molecule has 1 aliphatic rings. The number of nitrogens with one attached hydrogen (secondary N) is 2. The van der Waals surface area contributed by atoms with Gasteiger partial charge in [-0.25, -0.2) is 14.8 Å². The van der Waals surface area contributed by atoms with Crippen LogP contribution in [0.3, 0.4) is 0 Å². The minimum Gasteiger partial charge on any atom is -0.489 e. The van der Waals surface area contributed by atoms with Crippen molar-refractivity contribution in [2.75, 3.05) is 37.4 Å². The highest BCUT2D eigenvalue weighted by Gasteiger charge is 2.30. The van der Waals surface area contributed by atoms with Crippen LogP contribution in [-0.4, -0.2) is 106 Å². The van der Waals surface area contributed by atoms with Gasteiger partial charge in [-0.05, 0) is 97.7 Å². The van der Waals surface area contributed by atoms with E-state index in [0.717, 1.165) is 0 Å². The van der Waals surface area contributed by atoms with Gasteiger partial charge in [0.1, 0.15) is 52.7 Å². The Labute approximate surface area is 368 Å². The average molecular weight is 880 g/mol. The SMILES string of the molecule is CCn1nc(C)cc1C(=O)Nc1nc2cc(C(N)=O)cc(OCCN(C)C(=O)OC(C)(C)C)c2n1CCC[C@H]1COc2cc(C(N)=O)cc3nc(NC(=O)c4cc(C)nn4CC)n1c23. The summed E-state index contributed by atoms with van der Waals surface area (Å²) in [6.45, 7) is 14.2. The molecule has 21 nitrogen and oxygen atoms in total. The minimum atomic E-state index is -0.718. The van der Waals surface area contributed by atoms with E-state index >= 15 is 0 Å². The highest BCUT2D eigenvalue weighted by Crippen LogP contribution is 2.39. The number of rotatable bonds is 16. The van der Waals surface area contributed by atoms with Crippen molar-refractivity contribution in [1.82, 2.24) is 43.6 Å². The van der Waals surface area contributed by atoms with Gasteiger partial charge in [-0.1, -0.05) is 0 Å². The molecule has 0 aliphatic carbocycles. The number of anilines is 2. The van der Waals surface area contributed by atoms with Gasteiger partial charge in [0.2, 0.25) is 23.7 Å². The minimum absolute atomic E-state index is 0.00885. The van der Waals surface area contributed by atoms with Crippen molar-refractivity contribution >= 4 is 63.7 Å². The number of hydrogen-bond acceptors (Lipinski definition) is 12. The van der Waals surface area contributed by atoms with E-state index in [9.17, 15) is 24.0 Å². The first kappa shape index (κ1) is 44.6. The van der Waals surface area contributed by atoms with E-state index in [-0.39, 0.29) is 61.1 Å². The van der Waals surface area contributed by atoms with Gasteiger partial charge in [-0.3, -0.25) is 39.2 Å². The number of nitrogens with two attached hydrogens (primary N) is 2. The lowest BCUT2D eigenvalue weighted by molar-refractivity contribution is 0.0278. The van der Waals surface area contributed by atoms with Crippen LogP contribution in [0.25, 0.3) is 22.1 Å². The number of fused-ring (bicyclic) bond motifs is 1. The fourth-order valence-electron chi connectivity index (χ4n) is 7.64. The summed E-state index contributed by atoms with van der Waals surface area (Å²) in [5.41, 5.74) is 14.9. The molecule has 6 N–H and O–H groups in total. The van der Waals surface area contributed by atoms with Crippen molar-refractivity contribution in [3.05, 3.63) is 70.3 Å². The molecule has 0 bridgehead atoms. The highest BCUT2D eigenvalue weighted by atomic mass is 16.6. The van der Waals surface area contributed by atoms with Crippen LogP contribution >= 0.6 is 0 Å². The largest absolute Gasteiger partial charge is 0.489 e. The molecule has 1 aliphatic heterocycles. The second-order valence-corrected chi connectivity index (χ2v) is 16.5. The lowest BCUT2D eigenvalue weighted by Crippen LogP contribution is -2.36. The standard InChI is InChI=1S/C43H53N13O8/c1-9-54-30(16-23(3)50-54)38(59)48-40-46-28-18-25(36(44)57)20-32(62-15-14-52(8)42(61)64-43(5,6)7)34(28)53(40)13-11-12-27-22-63-33-21-26(37(45)58)19-29-35(33)56(27)41(47-29)49-39(60)31-17-24(4)51-55(31)10-2/h16-21,27H,9-15,22H2,1-8H3,(H2,44,57)(H2,45,58)(H,46,48,59)(H,47,49,60)/t27-/m0/s1. The summed E-state index contributed by atoms with van der Waals surface area (Å²) in [5, 5.41) is 14.8. The summed E-state index contributed by atoms with van der Waals surface area (Å²) in [6.07, 6.45) is 0.380. The average Bonchev–Trinajstić information content (AvgIpc) is 4.00. The molecule has 4 aromatic heterocycles. The van der Waals surface area contributed by atoms with Gasteiger partial charge >= 0.3 is 6.09 Å². The van der Waals surface area contributed by atoms with Gasteiger partial charge < -0.3 is 39.7 Å². The lowest BCUT2D eigenvalue weighted by atomic mass is 10.1. The molecular formula is C43H53N13O8. The third kappa shape index (κ3) is 9.18. The second kappa shape index (κ2) is 17.7. The molecule has 2 aromatic carbocycles. The molecule has 0 saturated heterocycles. The summed E-state index contributed by atoms with van der Waals surface area (Å²) in [5.74, 6) is -1.20. The second-order valence-electron chi connectivity index (χ2n) is 16.5. The molecule has 7 rings (SSSR count). The van der Waals surface area contributed by atoms with Gasteiger partial charge in [0.15, 0.2) is 0 Å². The summed E-state index contributed by atoms with van der Waals surface area (Å²) >= 11 is 0. The van der Waals surface area contributed by atoms with Crippen molar-refractivity contribution in [3.63, 3.8) is 0 Å². The van der Waals surface area contributed by atoms with Crippen LogP contribution in [0.1, 0.15) is 107 Å². The Kier molecular flexibility index (Phi) is 12.4. The van der Waals surface area contributed by atoms with E-state index in [2.05, 4.69) is 20.8 Å². The molecule has 6 aromatic rings. The fraction of sp³-hybridized carbons (Fsp3) is 0.419. The molecule has 0 radical (unpaired) electrons. The predicted octanol–water partition coefficient (Wildman–Crippen LogP) is 4.80. The number of nitrogens with zero attached hydrogens (tertiary/aromatic N) is 9. The van der Waals surface area contributed by atoms with Crippen molar-refractivity contribution in [3.8, 4) is 11.5 Å². The third-order valence-corrected chi connectivity index (χ3v) is 10.6. The first-order chi connectivity index (χ1) is 30.3. The number of hydrogen-bond donors (Lipinski definition) is 4. The van der Waals surface area contributed by atoms with Crippen LogP contribution in [0.15, 0.2) is 36.4 Å². The van der Waals surface area contributed by atoms with Gasteiger partial charge in [-0.2, -0.15) is 10.2 Å². The molecule has 338 valence electrons. The van der Waals surface area contributed by atoms with Gasteiger partial charge in [-0.15, -0.1) is 0 Å². The monoisotopic (exact) mass is 879 g/mol. The number of imidazole rings is 2. The van der Waals surface area contributed by atoms with Gasteiger partial charge in [0.25, 0.3) is 11.8 Å². The number of carbonyl (C=O) groups excluding carboxylic acids is 5. The molecule has 0 unspecified atom stereocenters. The molecule has 0 fully saturated rings. The Bertz CT molecular complexity index is 2810. The van der Waals surface area contributed by atoms with Crippen LogP contribution in [0.2, 0.25) is 0 Å². The van der Waals surface area contributed by atoms with Crippen LogP contribution in [0.4, 0.5) is 16.7 Å². The van der Waals surface area contributed by atoms with Crippen LogP contribution in [0.5, 0.6) is 11.5 Å². The number of benzene rings is 2. The number of likely N-dealkylation sites (N-methyl/N-ethyl adjacent to an activating group) is 1. The Balaban J connectivity index is 1.24. The Hall–Kier alpha value is -7.45. The molecule has 5 amide bonds. The van der Waals surface area contributed by atoms with E-state index in [4.69, 9.17) is 35.6 Å². The fourth-order valence-corrected chi connectivity index (χ4v) is 7.64. The maximum atomic E-state index is 13.9. The van der Waals surface area contributed by atoms with E-state index < -0.39 is 35.3 Å². The molecule has 21 heteroatoms. The van der Waals surface area contributed by atoms with Crippen molar-refractivity contribution in [2.45, 2.75) is 92.6 Å². The topological polar surface area (TPSA) is 264 Å². The van der Waals surface area contributed by atoms with Crippen LogP contribution in [0, 0.1) is 13.8 Å². The van der Waals surface area contributed by atoms with Gasteiger partial charge in [0.05, 0.1) is 35.0 Å². The van der Waals surface area contributed by atoms with Crippen LogP contribution < -0.4 is 31.6 Å². The first-order valence-electron chi connectivity index (χ1n) is 21.0.